The van der Waals surface area contributed by atoms with Crippen molar-refractivity contribution < 1.29 is 4.79 Å². The second-order valence-corrected chi connectivity index (χ2v) is 6.21. The number of aromatic nitrogens is 1. The Morgan fingerprint density at radius 2 is 1.95 bits per heavy atom. The van der Waals surface area contributed by atoms with Gasteiger partial charge in [-0.3, -0.25) is 4.79 Å². The van der Waals surface area contributed by atoms with Crippen molar-refractivity contribution in [2.45, 2.75) is 33.2 Å². The van der Waals surface area contributed by atoms with E-state index in [1.54, 1.807) is 0 Å². The number of hydrogen-bond acceptors (Lipinski definition) is 2. The van der Waals surface area contributed by atoms with Gasteiger partial charge in [0.05, 0.1) is 5.56 Å². The number of rotatable bonds is 2. The standard InChI is InChI=1S/C18H23N3O/c1-12-6-4-5-7-17(12)21-13(2)10-16(14(21)3)18(22)20-9-8-15(19)11-20/h4-7,10,15H,8-9,11,19H2,1-3H3/t15-/m1/s1. The molecule has 0 unspecified atom stereocenters. The third-order valence-electron chi connectivity index (χ3n) is 4.53. The van der Waals surface area contributed by atoms with E-state index in [0.717, 1.165) is 35.6 Å². The highest BCUT2D eigenvalue weighted by Gasteiger charge is 2.27. The lowest BCUT2D eigenvalue weighted by atomic mass is 10.2. The van der Waals surface area contributed by atoms with Crippen LogP contribution in [0.1, 0.15) is 33.7 Å². The number of nitrogens with zero attached hydrogens (tertiary/aromatic N) is 2. The highest BCUT2D eigenvalue weighted by molar-refractivity contribution is 5.96. The summed E-state index contributed by atoms with van der Waals surface area (Å²) in [6.45, 7) is 7.57. The van der Waals surface area contributed by atoms with Crippen LogP contribution in [0.3, 0.4) is 0 Å². The van der Waals surface area contributed by atoms with Crippen LogP contribution in [0.2, 0.25) is 0 Å². The van der Waals surface area contributed by atoms with Crippen LogP contribution in [-0.2, 0) is 0 Å². The lowest BCUT2D eigenvalue weighted by Crippen LogP contribution is -2.32. The molecule has 3 rings (SSSR count). The van der Waals surface area contributed by atoms with Crippen LogP contribution < -0.4 is 5.73 Å². The zero-order valence-electron chi connectivity index (χ0n) is 13.5. The summed E-state index contributed by atoms with van der Waals surface area (Å²) in [5, 5.41) is 0. The minimum Gasteiger partial charge on any atom is -0.337 e. The highest BCUT2D eigenvalue weighted by Crippen LogP contribution is 2.25. The normalized spacial score (nSPS) is 18.0. The second kappa shape index (κ2) is 5.61. The van der Waals surface area contributed by atoms with Crippen LogP contribution >= 0.6 is 0 Å². The van der Waals surface area contributed by atoms with Gasteiger partial charge in [-0.1, -0.05) is 18.2 Å². The molecule has 2 N–H and O–H groups in total. The molecular weight excluding hydrogens is 274 g/mol. The third-order valence-corrected chi connectivity index (χ3v) is 4.53. The molecular formula is C18H23N3O. The Balaban J connectivity index is 2.01. The van der Waals surface area contributed by atoms with E-state index in [9.17, 15) is 4.79 Å². The van der Waals surface area contributed by atoms with Gasteiger partial charge in [0.2, 0.25) is 0 Å². The van der Waals surface area contributed by atoms with Crippen molar-refractivity contribution >= 4 is 5.91 Å². The highest BCUT2D eigenvalue weighted by atomic mass is 16.2. The van der Waals surface area contributed by atoms with Gasteiger partial charge in [0.15, 0.2) is 0 Å². The van der Waals surface area contributed by atoms with E-state index in [4.69, 9.17) is 5.73 Å². The molecule has 2 heterocycles. The summed E-state index contributed by atoms with van der Waals surface area (Å²) in [7, 11) is 0. The summed E-state index contributed by atoms with van der Waals surface area (Å²) in [5.74, 6) is 0.0980. The van der Waals surface area contributed by atoms with Gasteiger partial charge in [-0.15, -0.1) is 0 Å². The zero-order chi connectivity index (χ0) is 15.9. The van der Waals surface area contributed by atoms with Crippen LogP contribution in [0.4, 0.5) is 0 Å². The van der Waals surface area contributed by atoms with Crippen LogP contribution in [0.5, 0.6) is 0 Å². The van der Waals surface area contributed by atoms with Gasteiger partial charge in [0.25, 0.3) is 5.91 Å². The van der Waals surface area contributed by atoms with Gasteiger partial charge in [-0.2, -0.15) is 0 Å². The van der Waals surface area contributed by atoms with E-state index < -0.39 is 0 Å². The minimum atomic E-state index is 0.0980. The van der Waals surface area contributed by atoms with E-state index in [-0.39, 0.29) is 11.9 Å². The van der Waals surface area contributed by atoms with E-state index in [2.05, 4.69) is 23.6 Å². The number of nitrogens with two attached hydrogens (primary N) is 1. The van der Waals surface area contributed by atoms with Crippen molar-refractivity contribution in [1.82, 2.24) is 9.47 Å². The molecule has 0 aliphatic carbocycles. The van der Waals surface area contributed by atoms with E-state index in [0.29, 0.717) is 6.54 Å². The molecule has 1 saturated heterocycles. The van der Waals surface area contributed by atoms with Crippen molar-refractivity contribution in [2.24, 2.45) is 5.73 Å². The Hall–Kier alpha value is -2.07. The molecule has 1 amide bonds. The number of para-hydroxylation sites is 1. The van der Waals surface area contributed by atoms with Crippen molar-refractivity contribution in [3.8, 4) is 5.69 Å². The van der Waals surface area contributed by atoms with Gasteiger partial charge in [0, 0.05) is 36.2 Å². The molecule has 116 valence electrons. The maximum Gasteiger partial charge on any atom is 0.255 e. The fourth-order valence-corrected chi connectivity index (χ4v) is 3.31. The number of benzene rings is 1. The molecule has 1 aliphatic rings. The Labute approximate surface area is 131 Å². The molecule has 4 heteroatoms. The number of hydrogen-bond donors (Lipinski definition) is 1. The fourth-order valence-electron chi connectivity index (χ4n) is 3.31. The molecule has 2 aromatic rings. The lowest BCUT2D eigenvalue weighted by Gasteiger charge is -2.16. The van der Waals surface area contributed by atoms with Crippen LogP contribution in [0, 0.1) is 20.8 Å². The Morgan fingerprint density at radius 1 is 1.23 bits per heavy atom. The van der Waals surface area contributed by atoms with Crippen LogP contribution in [0.25, 0.3) is 5.69 Å². The largest absolute Gasteiger partial charge is 0.337 e. The van der Waals surface area contributed by atoms with Gasteiger partial charge in [0.1, 0.15) is 0 Å². The summed E-state index contributed by atoms with van der Waals surface area (Å²) in [6, 6.07) is 10.4. The molecule has 1 aromatic heterocycles. The first-order chi connectivity index (χ1) is 10.5. The molecule has 1 atom stereocenters. The van der Waals surface area contributed by atoms with Crippen LogP contribution in [-0.4, -0.2) is 34.5 Å². The average molecular weight is 297 g/mol. The van der Waals surface area contributed by atoms with Crippen molar-refractivity contribution in [2.75, 3.05) is 13.1 Å². The Morgan fingerprint density at radius 3 is 2.59 bits per heavy atom. The minimum absolute atomic E-state index is 0.0980. The SMILES string of the molecule is Cc1ccccc1-n1c(C)cc(C(=O)N2CC[C@@H](N)C2)c1C. The fraction of sp³-hybridized carbons (Fsp3) is 0.389. The lowest BCUT2D eigenvalue weighted by molar-refractivity contribution is 0.0790. The Kier molecular flexibility index (Phi) is 3.79. The molecule has 0 bridgehead atoms. The van der Waals surface area contributed by atoms with Gasteiger partial charge < -0.3 is 15.2 Å². The molecule has 0 radical (unpaired) electrons. The van der Waals surface area contributed by atoms with Crippen molar-refractivity contribution in [1.29, 1.82) is 0 Å². The van der Waals surface area contributed by atoms with Crippen LogP contribution in [0.15, 0.2) is 30.3 Å². The quantitative estimate of drug-likeness (QED) is 0.926. The first-order valence-electron chi connectivity index (χ1n) is 7.79. The zero-order valence-corrected chi connectivity index (χ0v) is 13.5. The summed E-state index contributed by atoms with van der Waals surface area (Å²) < 4.78 is 2.17. The molecule has 1 aliphatic heterocycles. The Bertz CT molecular complexity index is 717. The summed E-state index contributed by atoms with van der Waals surface area (Å²) in [5.41, 5.74) is 11.1. The predicted molar refractivity (Wildman–Crippen MR) is 88.5 cm³/mol. The molecule has 22 heavy (non-hydrogen) atoms. The van der Waals surface area contributed by atoms with Crippen molar-refractivity contribution in [3.63, 3.8) is 0 Å². The summed E-state index contributed by atoms with van der Waals surface area (Å²) in [4.78, 5) is 14.6. The second-order valence-electron chi connectivity index (χ2n) is 6.21. The third kappa shape index (κ3) is 2.44. The molecule has 1 aromatic carbocycles. The first kappa shape index (κ1) is 14.9. The van der Waals surface area contributed by atoms with E-state index in [1.165, 1.54) is 5.56 Å². The monoisotopic (exact) mass is 297 g/mol. The summed E-state index contributed by atoms with van der Waals surface area (Å²) in [6.07, 6.45) is 0.891. The molecule has 0 spiro atoms. The number of carbonyl (C=O) groups is 1. The maximum absolute atomic E-state index is 12.8. The number of aryl methyl sites for hydroxylation is 2. The summed E-state index contributed by atoms with van der Waals surface area (Å²) >= 11 is 0. The smallest absolute Gasteiger partial charge is 0.255 e. The molecule has 0 saturated carbocycles. The van der Waals surface area contributed by atoms with Gasteiger partial charge in [-0.05, 0) is 44.9 Å². The van der Waals surface area contributed by atoms with Crippen molar-refractivity contribution in [3.05, 3.63) is 52.8 Å². The average Bonchev–Trinajstić information content (AvgIpc) is 3.04. The molecule has 1 fully saturated rings. The van der Waals surface area contributed by atoms with Gasteiger partial charge in [-0.25, -0.2) is 0 Å². The maximum atomic E-state index is 12.8. The first-order valence-corrected chi connectivity index (χ1v) is 7.79. The number of likely N-dealkylation sites (tertiary alicyclic amines) is 1. The number of amides is 1. The van der Waals surface area contributed by atoms with E-state index in [1.807, 2.05) is 36.9 Å². The predicted octanol–water partition coefficient (Wildman–Crippen LogP) is 2.58. The topological polar surface area (TPSA) is 51.3 Å². The number of carbonyl (C=O) groups excluding carboxylic acids is 1. The van der Waals surface area contributed by atoms with E-state index >= 15 is 0 Å². The van der Waals surface area contributed by atoms with Gasteiger partial charge >= 0.3 is 0 Å². The molecule has 4 nitrogen and oxygen atoms in total.